The van der Waals surface area contributed by atoms with Crippen molar-refractivity contribution >= 4 is 5.69 Å². The Labute approximate surface area is 121 Å². The number of aromatic nitrogens is 1. The van der Waals surface area contributed by atoms with E-state index >= 15 is 0 Å². The Morgan fingerprint density at radius 3 is 2.43 bits per heavy atom. The second kappa shape index (κ2) is 5.58. The normalized spacial score (nSPS) is 10.5. The summed E-state index contributed by atoms with van der Waals surface area (Å²) in [4.78, 5) is 14.5. The molecule has 0 unspecified atom stereocenters. The highest BCUT2D eigenvalue weighted by Crippen LogP contribution is 2.21. The van der Waals surface area contributed by atoms with Crippen molar-refractivity contribution in [1.29, 1.82) is 0 Å². The van der Waals surface area contributed by atoms with E-state index in [1.807, 2.05) is 30.3 Å². The zero-order chi connectivity index (χ0) is 14.7. The van der Waals surface area contributed by atoms with E-state index in [1.54, 1.807) is 18.3 Å². The van der Waals surface area contributed by atoms with Gasteiger partial charge in [-0.1, -0.05) is 30.3 Å². The van der Waals surface area contributed by atoms with Crippen LogP contribution < -0.4 is 0 Å². The minimum absolute atomic E-state index is 0.0845. The van der Waals surface area contributed by atoms with Crippen LogP contribution in [0, 0.1) is 10.1 Å². The molecule has 0 atom stereocenters. The van der Waals surface area contributed by atoms with Gasteiger partial charge in [0.2, 0.25) is 5.89 Å². The Kier molecular flexibility index (Phi) is 3.47. The average molecular weight is 280 g/mol. The minimum atomic E-state index is -0.411. The average Bonchev–Trinajstić information content (AvgIpc) is 2.97. The summed E-state index contributed by atoms with van der Waals surface area (Å²) in [5.74, 6) is 1.30. The van der Waals surface area contributed by atoms with Crippen molar-refractivity contribution in [3.8, 4) is 11.5 Å². The van der Waals surface area contributed by atoms with E-state index in [4.69, 9.17) is 4.42 Å². The Morgan fingerprint density at radius 1 is 1.05 bits per heavy atom. The van der Waals surface area contributed by atoms with Crippen LogP contribution in [-0.4, -0.2) is 9.91 Å². The second-order valence-electron chi connectivity index (χ2n) is 4.60. The zero-order valence-electron chi connectivity index (χ0n) is 11.1. The molecule has 0 aliphatic carbocycles. The summed E-state index contributed by atoms with van der Waals surface area (Å²) in [5, 5.41) is 10.6. The van der Waals surface area contributed by atoms with Crippen LogP contribution in [-0.2, 0) is 6.42 Å². The van der Waals surface area contributed by atoms with Gasteiger partial charge in [0.15, 0.2) is 0 Å². The van der Waals surface area contributed by atoms with Gasteiger partial charge < -0.3 is 4.42 Å². The summed E-state index contributed by atoms with van der Waals surface area (Å²) >= 11 is 0. The maximum Gasteiger partial charge on any atom is 0.269 e. The number of hydrogen-bond acceptors (Lipinski definition) is 4. The van der Waals surface area contributed by atoms with Crippen molar-refractivity contribution in [2.75, 3.05) is 0 Å². The molecule has 0 aliphatic heterocycles. The van der Waals surface area contributed by atoms with Crippen LogP contribution in [0.15, 0.2) is 65.2 Å². The molecule has 1 heterocycles. The number of rotatable bonds is 4. The lowest BCUT2D eigenvalue weighted by Gasteiger charge is -1.98. The van der Waals surface area contributed by atoms with Gasteiger partial charge >= 0.3 is 0 Å². The molecular formula is C16H12N2O3. The number of hydrogen-bond donors (Lipinski definition) is 0. The van der Waals surface area contributed by atoms with Gasteiger partial charge in [0.25, 0.3) is 5.69 Å². The first-order chi connectivity index (χ1) is 10.2. The van der Waals surface area contributed by atoms with Gasteiger partial charge in [-0.2, -0.15) is 0 Å². The zero-order valence-corrected chi connectivity index (χ0v) is 11.1. The molecule has 0 N–H and O–H groups in total. The molecule has 104 valence electrons. The third-order valence-electron chi connectivity index (χ3n) is 3.10. The van der Waals surface area contributed by atoms with Crippen molar-refractivity contribution < 1.29 is 9.34 Å². The number of nitro benzene ring substituents is 1. The van der Waals surface area contributed by atoms with Gasteiger partial charge in [-0.05, 0) is 17.7 Å². The molecular weight excluding hydrogens is 268 g/mol. The van der Waals surface area contributed by atoms with E-state index in [2.05, 4.69) is 4.98 Å². The largest absolute Gasteiger partial charge is 0.441 e. The first-order valence-electron chi connectivity index (χ1n) is 6.46. The molecule has 0 spiro atoms. The monoisotopic (exact) mass is 280 g/mol. The standard InChI is InChI=1S/C16H12N2O3/c19-18(20)14-8-6-12(7-9-14)10-15-11-17-16(21-15)13-4-2-1-3-5-13/h1-9,11H,10H2. The van der Waals surface area contributed by atoms with Crippen molar-refractivity contribution in [2.24, 2.45) is 0 Å². The number of nitrogens with zero attached hydrogens (tertiary/aromatic N) is 2. The molecule has 21 heavy (non-hydrogen) atoms. The molecule has 0 aliphatic rings. The predicted octanol–water partition coefficient (Wildman–Crippen LogP) is 3.84. The van der Waals surface area contributed by atoms with E-state index in [9.17, 15) is 10.1 Å². The fraction of sp³-hybridized carbons (Fsp3) is 0.0625. The second-order valence-corrected chi connectivity index (χ2v) is 4.60. The van der Waals surface area contributed by atoms with E-state index in [0.717, 1.165) is 16.9 Å². The van der Waals surface area contributed by atoms with Crippen molar-refractivity contribution in [1.82, 2.24) is 4.98 Å². The van der Waals surface area contributed by atoms with Crippen molar-refractivity contribution in [2.45, 2.75) is 6.42 Å². The third kappa shape index (κ3) is 2.97. The quantitative estimate of drug-likeness (QED) is 0.537. The van der Waals surface area contributed by atoms with Gasteiger partial charge in [-0.3, -0.25) is 10.1 Å². The first kappa shape index (κ1) is 13.1. The van der Waals surface area contributed by atoms with Crippen LogP contribution in [0.2, 0.25) is 0 Å². The Bertz CT molecular complexity index is 749. The van der Waals surface area contributed by atoms with Gasteiger partial charge in [0.1, 0.15) is 5.76 Å². The maximum atomic E-state index is 10.6. The summed E-state index contributed by atoms with van der Waals surface area (Å²) in [6.45, 7) is 0. The van der Waals surface area contributed by atoms with Gasteiger partial charge in [0, 0.05) is 24.1 Å². The van der Waals surface area contributed by atoms with E-state index in [1.165, 1.54) is 12.1 Å². The third-order valence-corrected chi connectivity index (χ3v) is 3.10. The smallest absolute Gasteiger partial charge is 0.269 e. The molecule has 3 aromatic rings. The molecule has 2 aromatic carbocycles. The van der Waals surface area contributed by atoms with Gasteiger partial charge in [0.05, 0.1) is 11.1 Å². The summed E-state index contributed by atoms with van der Waals surface area (Å²) in [7, 11) is 0. The van der Waals surface area contributed by atoms with Gasteiger partial charge in [-0.25, -0.2) is 4.98 Å². The first-order valence-corrected chi connectivity index (χ1v) is 6.46. The number of benzene rings is 2. The topological polar surface area (TPSA) is 69.2 Å². The van der Waals surface area contributed by atoms with E-state index < -0.39 is 4.92 Å². The van der Waals surface area contributed by atoms with Gasteiger partial charge in [-0.15, -0.1) is 0 Å². The summed E-state index contributed by atoms with van der Waals surface area (Å²) < 4.78 is 5.71. The maximum absolute atomic E-state index is 10.6. The molecule has 0 fully saturated rings. The molecule has 0 saturated carbocycles. The molecule has 5 nitrogen and oxygen atoms in total. The molecule has 0 saturated heterocycles. The number of non-ortho nitro benzene ring substituents is 1. The van der Waals surface area contributed by atoms with Crippen LogP contribution >= 0.6 is 0 Å². The summed E-state index contributed by atoms with van der Waals surface area (Å²) in [6, 6.07) is 16.1. The van der Waals surface area contributed by atoms with Crippen molar-refractivity contribution in [3.63, 3.8) is 0 Å². The Balaban J connectivity index is 1.77. The Morgan fingerprint density at radius 2 is 1.76 bits per heavy atom. The highest BCUT2D eigenvalue weighted by atomic mass is 16.6. The fourth-order valence-corrected chi connectivity index (χ4v) is 2.04. The highest BCUT2D eigenvalue weighted by molar-refractivity contribution is 5.52. The predicted molar refractivity (Wildman–Crippen MR) is 77.8 cm³/mol. The van der Waals surface area contributed by atoms with Crippen molar-refractivity contribution in [3.05, 3.63) is 82.2 Å². The lowest BCUT2D eigenvalue weighted by Crippen LogP contribution is -1.89. The van der Waals surface area contributed by atoms with Crippen LogP contribution in [0.5, 0.6) is 0 Å². The lowest BCUT2D eigenvalue weighted by atomic mass is 10.1. The fourth-order valence-electron chi connectivity index (χ4n) is 2.04. The van der Waals surface area contributed by atoms with Crippen LogP contribution in [0.3, 0.4) is 0 Å². The molecule has 0 amide bonds. The lowest BCUT2D eigenvalue weighted by molar-refractivity contribution is -0.384. The van der Waals surface area contributed by atoms with Crippen LogP contribution in [0.1, 0.15) is 11.3 Å². The summed E-state index contributed by atoms with van der Waals surface area (Å²) in [6.07, 6.45) is 2.24. The molecule has 0 bridgehead atoms. The highest BCUT2D eigenvalue weighted by Gasteiger charge is 2.08. The minimum Gasteiger partial charge on any atom is -0.441 e. The van der Waals surface area contributed by atoms with Crippen LogP contribution in [0.4, 0.5) is 5.69 Å². The number of oxazole rings is 1. The Hall–Kier alpha value is -2.95. The number of nitro groups is 1. The molecule has 1 aromatic heterocycles. The van der Waals surface area contributed by atoms with E-state index in [0.29, 0.717) is 12.3 Å². The van der Waals surface area contributed by atoms with Crippen LogP contribution in [0.25, 0.3) is 11.5 Å². The SMILES string of the molecule is O=[N+]([O-])c1ccc(Cc2cnc(-c3ccccc3)o2)cc1. The molecule has 0 radical (unpaired) electrons. The van der Waals surface area contributed by atoms with E-state index in [-0.39, 0.29) is 5.69 Å². The molecule has 3 rings (SSSR count). The molecule has 5 heteroatoms. The summed E-state index contributed by atoms with van der Waals surface area (Å²) in [5.41, 5.74) is 1.95.